The van der Waals surface area contributed by atoms with Crippen LogP contribution in [0.2, 0.25) is 5.02 Å². The number of nitrogens with zero attached hydrogens (tertiary/aromatic N) is 3. The number of carbonyl (C=O) groups excluding carboxylic acids is 2. The summed E-state index contributed by atoms with van der Waals surface area (Å²) in [6, 6.07) is 11.0. The number of benzene rings is 2. The number of hydrogen-bond acceptors (Lipinski definition) is 3. The van der Waals surface area contributed by atoms with Gasteiger partial charge in [-0.2, -0.15) is 5.10 Å². The van der Waals surface area contributed by atoms with Crippen LogP contribution in [0.1, 0.15) is 33.9 Å². The van der Waals surface area contributed by atoms with Crippen LogP contribution < -0.4 is 5.32 Å². The predicted molar refractivity (Wildman–Crippen MR) is 110 cm³/mol. The molecule has 1 fully saturated rings. The van der Waals surface area contributed by atoms with Gasteiger partial charge in [-0.25, -0.2) is 4.39 Å². The Labute approximate surface area is 177 Å². The number of amides is 2. The molecule has 2 atom stereocenters. The van der Waals surface area contributed by atoms with Crippen LogP contribution in [0.15, 0.2) is 54.9 Å². The molecule has 3 heterocycles. The van der Waals surface area contributed by atoms with Gasteiger partial charge in [-0.3, -0.25) is 14.3 Å². The summed E-state index contributed by atoms with van der Waals surface area (Å²) >= 11 is 5.78. The zero-order valence-corrected chi connectivity index (χ0v) is 16.9. The first kappa shape index (κ1) is 18.8. The number of rotatable bonds is 2. The van der Waals surface area contributed by atoms with E-state index < -0.39 is 17.3 Å². The molecule has 30 heavy (non-hydrogen) atoms. The van der Waals surface area contributed by atoms with E-state index in [0.29, 0.717) is 13.0 Å². The second kappa shape index (κ2) is 6.67. The van der Waals surface area contributed by atoms with Crippen LogP contribution in [-0.4, -0.2) is 33.0 Å². The van der Waals surface area contributed by atoms with E-state index in [1.807, 2.05) is 30.5 Å². The summed E-state index contributed by atoms with van der Waals surface area (Å²) in [4.78, 5) is 28.4. The Kier molecular flexibility index (Phi) is 4.18. The largest absolute Gasteiger partial charge is 0.330 e. The number of nitrogens with one attached hydrogen (secondary N) is 1. The highest BCUT2D eigenvalue weighted by Gasteiger charge is 2.59. The maximum atomic E-state index is 14.0. The molecule has 2 unspecified atom stereocenters. The van der Waals surface area contributed by atoms with E-state index in [0.717, 1.165) is 22.9 Å². The Bertz CT molecular complexity index is 1190. The van der Waals surface area contributed by atoms with Crippen molar-refractivity contribution in [1.82, 2.24) is 14.7 Å². The fourth-order valence-electron chi connectivity index (χ4n) is 4.75. The van der Waals surface area contributed by atoms with Gasteiger partial charge in [0.1, 0.15) is 11.2 Å². The van der Waals surface area contributed by atoms with Crippen molar-refractivity contribution in [2.75, 3.05) is 11.9 Å². The fourth-order valence-corrected chi connectivity index (χ4v) is 4.86. The van der Waals surface area contributed by atoms with Gasteiger partial charge in [0.2, 0.25) is 5.91 Å². The number of carbonyl (C=O) groups is 2. The van der Waals surface area contributed by atoms with Gasteiger partial charge in [0, 0.05) is 36.6 Å². The summed E-state index contributed by atoms with van der Waals surface area (Å²) < 4.78 is 15.7. The molecule has 1 spiro atoms. The number of para-hydroxylation sites is 1. The second-order valence-electron chi connectivity index (χ2n) is 7.70. The number of aryl methyl sites for hydroxylation is 1. The normalized spacial score (nSPS) is 22.4. The Morgan fingerprint density at radius 3 is 2.83 bits per heavy atom. The van der Waals surface area contributed by atoms with E-state index in [2.05, 4.69) is 10.4 Å². The summed E-state index contributed by atoms with van der Waals surface area (Å²) in [5.41, 5.74) is 1.63. The van der Waals surface area contributed by atoms with Gasteiger partial charge in [0.25, 0.3) is 5.91 Å². The lowest BCUT2D eigenvalue weighted by molar-refractivity contribution is -0.121. The molecule has 152 valence electrons. The third kappa shape index (κ3) is 2.58. The lowest BCUT2D eigenvalue weighted by Crippen LogP contribution is -2.42. The zero-order chi connectivity index (χ0) is 21.0. The van der Waals surface area contributed by atoms with Crippen LogP contribution in [0.4, 0.5) is 10.1 Å². The Hall–Kier alpha value is -3.19. The molecule has 0 saturated carbocycles. The highest BCUT2D eigenvalue weighted by molar-refractivity contribution is 6.30. The van der Waals surface area contributed by atoms with E-state index in [1.54, 1.807) is 22.8 Å². The number of halogens is 2. The smallest absolute Gasteiger partial charge is 0.254 e. The first-order valence-electron chi connectivity index (χ1n) is 9.57. The molecule has 0 aliphatic carbocycles. The van der Waals surface area contributed by atoms with Crippen LogP contribution in [0.5, 0.6) is 0 Å². The van der Waals surface area contributed by atoms with E-state index in [9.17, 15) is 14.0 Å². The number of fused-ring (bicyclic) bond motifs is 2. The van der Waals surface area contributed by atoms with Gasteiger partial charge in [-0.05, 0) is 36.2 Å². The minimum absolute atomic E-state index is 0.0441. The van der Waals surface area contributed by atoms with Gasteiger partial charge >= 0.3 is 0 Å². The summed E-state index contributed by atoms with van der Waals surface area (Å²) in [5.74, 6) is -1.15. The SMILES string of the molecule is Cn1cc(C2N(C(=O)c3ccc(Cl)c(F)c3)CCC23C(=O)Nc2ccccc23)cn1. The van der Waals surface area contributed by atoms with Gasteiger partial charge in [0.15, 0.2) is 0 Å². The highest BCUT2D eigenvalue weighted by atomic mass is 35.5. The zero-order valence-electron chi connectivity index (χ0n) is 16.1. The van der Waals surface area contributed by atoms with Crippen molar-refractivity contribution < 1.29 is 14.0 Å². The number of aromatic nitrogens is 2. The molecule has 2 aliphatic rings. The predicted octanol–water partition coefficient (Wildman–Crippen LogP) is 3.69. The minimum Gasteiger partial charge on any atom is -0.330 e. The van der Waals surface area contributed by atoms with Crippen LogP contribution in [-0.2, 0) is 17.3 Å². The van der Waals surface area contributed by atoms with Crippen molar-refractivity contribution in [3.8, 4) is 0 Å². The third-order valence-electron chi connectivity index (χ3n) is 6.05. The molecule has 0 bridgehead atoms. The molecule has 1 saturated heterocycles. The summed E-state index contributed by atoms with van der Waals surface area (Å²) in [6.07, 6.45) is 3.95. The average Bonchev–Trinajstić information content (AvgIpc) is 3.41. The Morgan fingerprint density at radius 2 is 2.10 bits per heavy atom. The number of likely N-dealkylation sites (tertiary alicyclic amines) is 1. The summed E-state index contributed by atoms with van der Waals surface area (Å²) in [7, 11) is 1.79. The average molecular weight is 425 g/mol. The highest BCUT2D eigenvalue weighted by Crippen LogP contribution is 2.54. The van der Waals surface area contributed by atoms with Crippen molar-refractivity contribution in [2.45, 2.75) is 17.9 Å². The molecule has 2 aliphatic heterocycles. The fraction of sp³-hybridized carbons (Fsp3) is 0.227. The summed E-state index contributed by atoms with van der Waals surface area (Å²) in [6.45, 7) is 0.352. The third-order valence-corrected chi connectivity index (χ3v) is 6.36. The molecule has 0 radical (unpaired) electrons. The van der Waals surface area contributed by atoms with Gasteiger partial charge in [-0.15, -0.1) is 0 Å². The van der Waals surface area contributed by atoms with Crippen LogP contribution >= 0.6 is 11.6 Å². The molecular formula is C22H18ClFN4O2. The summed E-state index contributed by atoms with van der Waals surface area (Å²) in [5, 5.41) is 7.19. The van der Waals surface area contributed by atoms with Crippen molar-refractivity contribution >= 4 is 29.1 Å². The lowest BCUT2D eigenvalue weighted by atomic mass is 9.73. The van der Waals surface area contributed by atoms with Gasteiger partial charge in [0.05, 0.1) is 17.3 Å². The maximum absolute atomic E-state index is 14.0. The number of hydrogen-bond donors (Lipinski definition) is 1. The van der Waals surface area contributed by atoms with Crippen molar-refractivity contribution in [1.29, 1.82) is 0 Å². The van der Waals surface area contributed by atoms with E-state index in [4.69, 9.17) is 11.6 Å². The van der Waals surface area contributed by atoms with E-state index in [-0.39, 0.29) is 22.4 Å². The topological polar surface area (TPSA) is 67.2 Å². The Balaban J connectivity index is 1.65. The quantitative estimate of drug-likeness (QED) is 0.682. The molecule has 1 N–H and O–H groups in total. The molecule has 2 amide bonds. The molecule has 5 rings (SSSR count). The first-order chi connectivity index (χ1) is 14.4. The first-order valence-corrected chi connectivity index (χ1v) is 9.95. The molecule has 1 aromatic heterocycles. The number of anilines is 1. The van der Waals surface area contributed by atoms with Gasteiger partial charge in [-0.1, -0.05) is 29.8 Å². The monoisotopic (exact) mass is 424 g/mol. The van der Waals surface area contributed by atoms with Crippen molar-refractivity contribution in [3.05, 3.63) is 82.4 Å². The van der Waals surface area contributed by atoms with Crippen molar-refractivity contribution in [2.24, 2.45) is 7.05 Å². The van der Waals surface area contributed by atoms with E-state index in [1.165, 1.54) is 12.1 Å². The molecule has 8 heteroatoms. The molecule has 2 aromatic carbocycles. The lowest BCUT2D eigenvalue weighted by Gasteiger charge is -2.33. The van der Waals surface area contributed by atoms with Crippen LogP contribution in [0.3, 0.4) is 0 Å². The van der Waals surface area contributed by atoms with E-state index >= 15 is 0 Å². The van der Waals surface area contributed by atoms with Crippen LogP contribution in [0, 0.1) is 5.82 Å². The van der Waals surface area contributed by atoms with Crippen LogP contribution in [0.25, 0.3) is 0 Å². The molecule has 3 aromatic rings. The minimum atomic E-state index is -0.930. The maximum Gasteiger partial charge on any atom is 0.254 e. The second-order valence-corrected chi connectivity index (χ2v) is 8.11. The standard InChI is InChI=1S/C22H18ClFN4O2/c1-27-12-14(11-25-27)19-22(15-4-2-3-5-18(15)26-21(22)30)8-9-28(19)20(29)13-6-7-16(23)17(24)10-13/h2-7,10-12,19H,8-9H2,1H3,(H,26,30). The molecule has 6 nitrogen and oxygen atoms in total. The Morgan fingerprint density at radius 1 is 1.30 bits per heavy atom. The molecular weight excluding hydrogens is 407 g/mol. The van der Waals surface area contributed by atoms with Crippen molar-refractivity contribution in [3.63, 3.8) is 0 Å². The van der Waals surface area contributed by atoms with Gasteiger partial charge < -0.3 is 10.2 Å².